The highest BCUT2D eigenvalue weighted by atomic mass is 32.1. The van der Waals surface area contributed by atoms with Crippen LogP contribution in [0.5, 0.6) is 0 Å². The predicted octanol–water partition coefficient (Wildman–Crippen LogP) is 1.77. The number of imidazole rings is 1. The standard InChI is InChI=1S/C16H17N5O2S/c1-9(22)10-6-11(7-10)18-15(23)13-14-12(2-5-24-14)19-16(20-13)21-4-3-17-8-21/h2-5,8-11,22H,6-7H2,1H3,(H,18,23)/t9-,10?,11?/m0/s1. The minimum absolute atomic E-state index is 0.0961. The number of carbonyl (C=O) groups excluding carboxylic acids is 1. The Morgan fingerprint density at radius 1 is 1.46 bits per heavy atom. The van der Waals surface area contributed by atoms with Gasteiger partial charge in [-0.15, -0.1) is 11.3 Å². The van der Waals surface area contributed by atoms with Crippen LogP contribution in [0.2, 0.25) is 0 Å². The molecule has 8 heteroatoms. The molecule has 24 heavy (non-hydrogen) atoms. The molecule has 4 rings (SSSR count). The monoisotopic (exact) mass is 343 g/mol. The second-order valence-electron chi connectivity index (χ2n) is 6.12. The first-order valence-electron chi connectivity index (χ1n) is 7.84. The second-order valence-corrected chi connectivity index (χ2v) is 7.04. The summed E-state index contributed by atoms with van der Waals surface area (Å²) < 4.78 is 2.46. The van der Waals surface area contributed by atoms with Gasteiger partial charge in [-0.05, 0) is 37.1 Å². The van der Waals surface area contributed by atoms with E-state index < -0.39 is 0 Å². The number of thiophene rings is 1. The first-order valence-corrected chi connectivity index (χ1v) is 8.72. The number of hydrogen-bond donors (Lipinski definition) is 2. The zero-order chi connectivity index (χ0) is 16.7. The molecule has 0 spiro atoms. The minimum Gasteiger partial charge on any atom is -0.393 e. The topological polar surface area (TPSA) is 92.9 Å². The van der Waals surface area contributed by atoms with Crippen molar-refractivity contribution in [2.75, 3.05) is 0 Å². The van der Waals surface area contributed by atoms with Crippen LogP contribution in [-0.2, 0) is 0 Å². The molecule has 0 radical (unpaired) electrons. The Morgan fingerprint density at radius 3 is 3.00 bits per heavy atom. The molecule has 1 aliphatic rings. The molecule has 1 saturated carbocycles. The lowest BCUT2D eigenvalue weighted by molar-refractivity contribution is 0.0509. The first-order chi connectivity index (χ1) is 11.6. The van der Waals surface area contributed by atoms with Crippen LogP contribution < -0.4 is 5.32 Å². The van der Waals surface area contributed by atoms with Gasteiger partial charge in [-0.25, -0.2) is 15.0 Å². The minimum atomic E-state index is -0.325. The van der Waals surface area contributed by atoms with Crippen LogP contribution in [0, 0.1) is 5.92 Å². The lowest BCUT2D eigenvalue weighted by atomic mass is 9.77. The maximum absolute atomic E-state index is 12.7. The van der Waals surface area contributed by atoms with E-state index in [1.54, 1.807) is 30.2 Å². The van der Waals surface area contributed by atoms with Crippen LogP contribution >= 0.6 is 11.3 Å². The lowest BCUT2D eigenvalue weighted by Gasteiger charge is -2.37. The number of amides is 1. The normalized spacial score (nSPS) is 21.4. The Kier molecular flexibility index (Phi) is 3.78. The van der Waals surface area contributed by atoms with Crippen molar-refractivity contribution in [2.45, 2.75) is 31.9 Å². The van der Waals surface area contributed by atoms with E-state index in [-0.39, 0.29) is 24.0 Å². The molecule has 0 aromatic carbocycles. The van der Waals surface area contributed by atoms with E-state index in [0.29, 0.717) is 11.6 Å². The second kappa shape index (κ2) is 5.95. The Hall–Kier alpha value is -2.32. The van der Waals surface area contributed by atoms with E-state index in [1.807, 2.05) is 11.4 Å². The van der Waals surface area contributed by atoms with Crippen molar-refractivity contribution in [3.05, 3.63) is 35.9 Å². The van der Waals surface area contributed by atoms with Crippen molar-refractivity contribution in [1.29, 1.82) is 0 Å². The molecule has 1 amide bonds. The predicted molar refractivity (Wildman–Crippen MR) is 90.2 cm³/mol. The Balaban J connectivity index is 1.61. The largest absolute Gasteiger partial charge is 0.393 e. The van der Waals surface area contributed by atoms with Crippen molar-refractivity contribution in [3.8, 4) is 5.95 Å². The van der Waals surface area contributed by atoms with Crippen LogP contribution in [-0.4, -0.2) is 42.7 Å². The highest BCUT2D eigenvalue weighted by molar-refractivity contribution is 7.17. The molecule has 0 saturated heterocycles. The van der Waals surface area contributed by atoms with Gasteiger partial charge in [0.15, 0.2) is 5.69 Å². The van der Waals surface area contributed by atoms with Crippen molar-refractivity contribution in [3.63, 3.8) is 0 Å². The van der Waals surface area contributed by atoms with Gasteiger partial charge in [0, 0.05) is 18.4 Å². The summed E-state index contributed by atoms with van der Waals surface area (Å²) in [6.07, 6.45) is 6.27. The molecule has 7 nitrogen and oxygen atoms in total. The van der Waals surface area contributed by atoms with Gasteiger partial charge in [-0.1, -0.05) is 0 Å². The van der Waals surface area contributed by atoms with Crippen molar-refractivity contribution >= 4 is 27.5 Å². The first kappa shape index (κ1) is 15.2. The van der Waals surface area contributed by atoms with E-state index in [9.17, 15) is 9.90 Å². The van der Waals surface area contributed by atoms with Gasteiger partial charge in [0.1, 0.15) is 6.33 Å². The number of hydrogen-bond acceptors (Lipinski definition) is 6. The molecule has 1 fully saturated rings. The smallest absolute Gasteiger partial charge is 0.271 e. The molecule has 3 heterocycles. The van der Waals surface area contributed by atoms with Gasteiger partial charge < -0.3 is 10.4 Å². The number of nitrogens with one attached hydrogen (secondary N) is 1. The molecule has 0 aliphatic heterocycles. The molecule has 0 bridgehead atoms. The van der Waals surface area contributed by atoms with Crippen LogP contribution in [0.25, 0.3) is 16.2 Å². The van der Waals surface area contributed by atoms with Gasteiger partial charge in [-0.3, -0.25) is 9.36 Å². The van der Waals surface area contributed by atoms with Gasteiger partial charge in [0.2, 0.25) is 5.95 Å². The molecule has 1 aliphatic carbocycles. The van der Waals surface area contributed by atoms with Gasteiger partial charge >= 0.3 is 0 Å². The Morgan fingerprint density at radius 2 is 2.29 bits per heavy atom. The number of aliphatic hydroxyl groups excluding tert-OH is 1. The lowest BCUT2D eigenvalue weighted by Crippen LogP contribution is -2.47. The highest BCUT2D eigenvalue weighted by Crippen LogP contribution is 2.31. The number of aromatic nitrogens is 4. The van der Waals surface area contributed by atoms with E-state index in [1.165, 1.54) is 11.3 Å². The molecule has 124 valence electrons. The average molecular weight is 343 g/mol. The van der Waals surface area contributed by atoms with Crippen molar-refractivity contribution in [1.82, 2.24) is 24.8 Å². The third-order valence-electron chi connectivity index (χ3n) is 4.43. The quantitative estimate of drug-likeness (QED) is 0.753. The fourth-order valence-corrected chi connectivity index (χ4v) is 3.74. The molecular formula is C16H17N5O2S. The zero-order valence-corrected chi connectivity index (χ0v) is 13.9. The van der Waals surface area contributed by atoms with E-state index in [2.05, 4.69) is 20.3 Å². The third-order valence-corrected chi connectivity index (χ3v) is 5.34. The van der Waals surface area contributed by atoms with Crippen LogP contribution in [0.4, 0.5) is 0 Å². The van der Waals surface area contributed by atoms with E-state index in [4.69, 9.17) is 0 Å². The number of carbonyl (C=O) groups is 1. The van der Waals surface area contributed by atoms with E-state index >= 15 is 0 Å². The summed E-state index contributed by atoms with van der Waals surface area (Å²) in [5.74, 6) is 0.503. The summed E-state index contributed by atoms with van der Waals surface area (Å²) in [7, 11) is 0. The summed E-state index contributed by atoms with van der Waals surface area (Å²) >= 11 is 1.46. The van der Waals surface area contributed by atoms with Gasteiger partial charge in [0.05, 0.1) is 16.3 Å². The number of rotatable bonds is 4. The van der Waals surface area contributed by atoms with Gasteiger partial charge in [-0.2, -0.15) is 0 Å². The molecular weight excluding hydrogens is 326 g/mol. The van der Waals surface area contributed by atoms with Crippen LogP contribution in [0.3, 0.4) is 0 Å². The maximum atomic E-state index is 12.7. The molecule has 1 atom stereocenters. The fourth-order valence-electron chi connectivity index (χ4n) is 2.93. The summed E-state index contributed by atoms with van der Waals surface area (Å²) in [4.78, 5) is 25.6. The van der Waals surface area contributed by atoms with Crippen LogP contribution in [0.1, 0.15) is 30.3 Å². The Bertz CT molecular complexity index is 868. The summed E-state index contributed by atoms with van der Waals surface area (Å²) in [6, 6.07) is 1.98. The molecule has 3 aromatic rings. The summed E-state index contributed by atoms with van der Waals surface area (Å²) in [5.41, 5.74) is 1.14. The third kappa shape index (κ3) is 2.67. The number of aliphatic hydroxyl groups is 1. The molecule has 0 unspecified atom stereocenters. The molecule has 2 N–H and O–H groups in total. The maximum Gasteiger partial charge on any atom is 0.271 e. The highest BCUT2D eigenvalue weighted by Gasteiger charge is 2.34. The summed E-state index contributed by atoms with van der Waals surface area (Å²) in [6.45, 7) is 1.79. The molecule has 3 aromatic heterocycles. The van der Waals surface area contributed by atoms with Gasteiger partial charge in [0.25, 0.3) is 5.91 Å². The fraction of sp³-hybridized carbons (Fsp3) is 0.375. The average Bonchev–Trinajstić information content (AvgIpc) is 3.18. The number of fused-ring (bicyclic) bond motifs is 1. The SMILES string of the molecule is C[C@H](O)C1CC(NC(=O)c2nc(-n3ccnc3)nc3ccsc23)C1. The van der Waals surface area contributed by atoms with E-state index in [0.717, 1.165) is 23.1 Å². The summed E-state index contributed by atoms with van der Waals surface area (Å²) in [5, 5.41) is 14.5. The zero-order valence-electron chi connectivity index (χ0n) is 13.1. The van der Waals surface area contributed by atoms with Crippen LogP contribution in [0.15, 0.2) is 30.2 Å². The van der Waals surface area contributed by atoms with Crippen molar-refractivity contribution < 1.29 is 9.90 Å². The number of nitrogens with zero attached hydrogens (tertiary/aromatic N) is 4. The Labute approximate surface area is 142 Å². The van der Waals surface area contributed by atoms with Crippen molar-refractivity contribution in [2.24, 2.45) is 5.92 Å².